The van der Waals surface area contributed by atoms with Crippen molar-refractivity contribution in [3.05, 3.63) is 29.6 Å². The lowest BCUT2D eigenvalue weighted by Crippen LogP contribution is -2.08. The van der Waals surface area contributed by atoms with Crippen LogP contribution in [0.3, 0.4) is 0 Å². The van der Waals surface area contributed by atoms with Gasteiger partial charge in [-0.05, 0) is 24.5 Å². The van der Waals surface area contributed by atoms with Crippen LogP contribution in [0.2, 0.25) is 0 Å². The van der Waals surface area contributed by atoms with Gasteiger partial charge in [0, 0.05) is 0 Å². The molecule has 1 aromatic carbocycles. The van der Waals surface area contributed by atoms with Crippen molar-refractivity contribution >= 4 is 0 Å². The minimum absolute atomic E-state index is 0.276. The van der Waals surface area contributed by atoms with E-state index in [1.165, 1.54) is 13.2 Å². The van der Waals surface area contributed by atoms with Crippen LogP contribution >= 0.6 is 0 Å². The zero-order valence-electron chi connectivity index (χ0n) is 10.7. The molecular weight excluding hydrogens is 219 g/mol. The molecule has 2 nitrogen and oxygen atoms in total. The highest BCUT2D eigenvalue weighted by Gasteiger charge is 2.19. The molecule has 0 aliphatic carbocycles. The molecule has 0 amide bonds. The van der Waals surface area contributed by atoms with Crippen LogP contribution in [0.4, 0.5) is 4.39 Å². The molecule has 0 aromatic heterocycles. The van der Waals surface area contributed by atoms with Crippen molar-refractivity contribution < 1.29 is 14.2 Å². The maximum absolute atomic E-state index is 13.7. The van der Waals surface area contributed by atoms with Gasteiger partial charge in [0.25, 0.3) is 0 Å². The number of methoxy groups -OCH3 is 1. The fraction of sp³-hybridized carbons (Fsp3) is 0.571. The van der Waals surface area contributed by atoms with Crippen LogP contribution in [0, 0.1) is 11.7 Å². The van der Waals surface area contributed by atoms with Crippen molar-refractivity contribution in [1.29, 1.82) is 0 Å². The van der Waals surface area contributed by atoms with Gasteiger partial charge in [-0.3, -0.25) is 0 Å². The Kier molecular flexibility index (Phi) is 5.42. The number of benzene rings is 1. The molecule has 1 rings (SSSR count). The number of hydrogen-bond acceptors (Lipinski definition) is 2. The van der Waals surface area contributed by atoms with E-state index >= 15 is 0 Å². The van der Waals surface area contributed by atoms with Gasteiger partial charge in [-0.2, -0.15) is 0 Å². The molecule has 0 fully saturated rings. The second-order valence-electron chi connectivity index (χ2n) is 4.50. The summed E-state index contributed by atoms with van der Waals surface area (Å²) in [6.45, 7) is 4.17. The molecule has 0 saturated heterocycles. The first kappa shape index (κ1) is 14.0. The fourth-order valence-electron chi connectivity index (χ4n) is 2.13. The average Bonchev–Trinajstić information content (AvgIpc) is 2.28. The van der Waals surface area contributed by atoms with Crippen LogP contribution in [0.5, 0.6) is 5.75 Å². The molecule has 0 aliphatic heterocycles. The van der Waals surface area contributed by atoms with Crippen molar-refractivity contribution in [3.63, 3.8) is 0 Å². The molecule has 2 atom stereocenters. The van der Waals surface area contributed by atoms with Crippen LogP contribution in [-0.4, -0.2) is 12.2 Å². The zero-order valence-corrected chi connectivity index (χ0v) is 10.7. The second-order valence-corrected chi connectivity index (χ2v) is 4.50. The topological polar surface area (TPSA) is 29.5 Å². The maximum Gasteiger partial charge on any atom is 0.132 e. The highest BCUT2D eigenvalue weighted by molar-refractivity contribution is 5.36. The summed E-state index contributed by atoms with van der Waals surface area (Å²) in [5.41, 5.74) is 0.276. The first-order chi connectivity index (χ1) is 8.10. The minimum atomic E-state index is -0.798. The summed E-state index contributed by atoms with van der Waals surface area (Å²) in [6.07, 6.45) is 1.87. The van der Waals surface area contributed by atoms with Gasteiger partial charge >= 0.3 is 0 Å². The quantitative estimate of drug-likeness (QED) is 0.821. The molecule has 1 N–H and O–H groups in total. The van der Waals surface area contributed by atoms with Gasteiger partial charge in [0.05, 0.1) is 18.8 Å². The van der Waals surface area contributed by atoms with E-state index in [4.69, 9.17) is 4.74 Å². The fourth-order valence-corrected chi connectivity index (χ4v) is 2.13. The molecule has 17 heavy (non-hydrogen) atoms. The van der Waals surface area contributed by atoms with Gasteiger partial charge in [-0.15, -0.1) is 0 Å². The van der Waals surface area contributed by atoms with Crippen LogP contribution in [0.15, 0.2) is 18.2 Å². The van der Waals surface area contributed by atoms with Gasteiger partial charge in [0.15, 0.2) is 0 Å². The molecule has 3 heteroatoms. The lowest BCUT2D eigenvalue weighted by molar-refractivity contribution is 0.137. The van der Waals surface area contributed by atoms with Gasteiger partial charge in [0.2, 0.25) is 0 Å². The molecule has 0 spiro atoms. The summed E-state index contributed by atoms with van der Waals surface area (Å²) in [5, 5.41) is 10.1. The molecule has 1 aromatic rings. The Hall–Kier alpha value is -1.09. The Morgan fingerprint density at radius 1 is 1.41 bits per heavy atom. The standard InChI is InChI=1S/C14H21FO2/c1-4-6-10(2)9-12(16)14-11(15)7-5-8-13(14)17-3/h5,7-8,10,12,16H,4,6,9H2,1-3H3. The Morgan fingerprint density at radius 3 is 2.71 bits per heavy atom. The molecule has 0 heterocycles. The Labute approximate surface area is 102 Å². The van der Waals surface area contributed by atoms with Crippen LogP contribution in [-0.2, 0) is 0 Å². The maximum atomic E-state index is 13.7. The first-order valence-corrected chi connectivity index (χ1v) is 6.10. The van der Waals surface area contributed by atoms with Crippen molar-refractivity contribution in [2.24, 2.45) is 5.92 Å². The molecule has 2 unspecified atom stereocenters. The van der Waals surface area contributed by atoms with Crippen molar-refractivity contribution in [2.75, 3.05) is 7.11 Å². The van der Waals surface area contributed by atoms with Gasteiger partial charge in [0.1, 0.15) is 11.6 Å². The summed E-state index contributed by atoms with van der Waals surface area (Å²) in [7, 11) is 1.49. The highest BCUT2D eigenvalue weighted by Crippen LogP contribution is 2.32. The Morgan fingerprint density at radius 2 is 2.12 bits per heavy atom. The molecule has 0 radical (unpaired) electrons. The lowest BCUT2D eigenvalue weighted by Gasteiger charge is -2.18. The molecule has 0 saturated carbocycles. The van der Waals surface area contributed by atoms with Crippen LogP contribution in [0.25, 0.3) is 0 Å². The zero-order chi connectivity index (χ0) is 12.8. The van der Waals surface area contributed by atoms with Gasteiger partial charge in [-0.1, -0.05) is 32.8 Å². The first-order valence-electron chi connectivity index (χ1n) is 6.10. The van der Waals surface area contributed by atoms with Crippen LogP contribution in [0.1, 0.15) is 44.8 Å². The van der Waals surface area contributed by atoms with E-state index in [1.807, 2.05) is 0 Å². The van der Waals surface area contributed by atoms with Gasteiger partial charge < -0.3 is 9.84 Å². The summed E-state index contributed by atoms with van der Waals surface area (Å²) in [4.78, 5) is 0. The largest absolute Gasteiger partial charge is 0.496 e. The molecule has 96 valence electrons. The van der Waals surface area contributed by atoms with E-state index in [0.29, 0.717) is 18.1 Å². The molecule has 0 bridgehead atoms. The number of halogens is 1. The third-order valence-electron chi connectivity index (χ3n) is 2.97. The number of aliphatic hydroxyl groups is 1. The van der Waals surface area contributed by atoms with E-state index in [2.05, 4.69) is 13.8 Å². The Balaban J connectivity index is 2.84. The van der Waals surface area contributed by atoms with Crippen molar-refractivity contribution in [3.8, 4) is 5.75 Å². The van der Waals surface area contributed by atoms with Gasteiger partial charge in [-0.25, -0.2) is 4.39 Å². The monoisotopic (exact) mass is 240 g/mol. The van der Waals surface area contributed by atoms with E-state index in [0.717, 1.165) is 12.8 Å². The number of aliphatic hydroxyl groups excluding tert-OH is 1. The van der Waals surface area contributed by atoms with Crippen molar-refractivity contribution in [2.45, 2.75) is 39.2 Å². The summed E-state index contributed by atoms with van der Waals surface area (Å²) in [6, 6.07) is 4.61. The van der Waals surface area contributed by atoms with E-state index in [1.54, 1.807) is 12.1 Å². The summed E-state index contributed by atoms with van der Waals surface area (Å²) in [5.74, 6) is 0.390. The summed E-state index contributed by atoms with van der Waals surface area (Å²) >= 11 is 0. The SMILES string of the molecule is CCCC(C)CC(O)c1c(F)cccc1OC. The second kappa shape index (κ2) is 6.60. The lowest BCUT2D eigenvalue weighted by atomic mass is 9.94. The van der Waals surface area contributed by atoms with E-state index in [-0.39, 0.29) is 5.56 Å². The predicted molar refractivity (Wildman–Crippen MR) is 66.6 cm³/mol. The number of ether oxygens (including phenoxy) is 1. The van der Waals surface area contributed by atoms with Crippen molar-refractivity contribution in [1.82, 2.24) is 0 Å². The highest BCUT2D eigenvalue weighted by atomic mass is 19.1. The predicted octanol–water partition coefficient (Wildman–Crippen LogP) is 3.69. The third kappa shape index (κ3) is 3.70. The number of rotatable bonds is 6. The van der Waals surface area contributed by atoms with E-state index in [9.17, 15) is 9.50 Å². The Bertz CT molecular complexity index is 352. The smallest absolute Gasteiger partial charge is 0.132 e. The number of hydrogen-bond donors (Lipinski definition) is 1. The van der Waals surface area contributed by atoms with E-state index < -0.39 is 11.9 Å². The molecular formula is C14H21FO2. The summed E-state index contributed by atoms with van der Waals surface area (Å²) < 4.78 is 18.8. The third-order valence-corrected chi connectivity index (χ3v) is 2.97. The molecule has 0 aliphatic rings. The average molecular weight is 240 g/mol. The minimum Gasteiger partial charge on any atom is -0.496 e. The normalized spacial score (nSPS) is 14.4. The van der Waals surface area contributed by atoms with Crippen LogP contribution < -0.4 is 4.74 Å².